The molecule has 6 heteroatoms. The van der Waals surface area contributed by atoms with Crippen LogP contribution in [-0.4, -0.2) is 27.9 Å². The summed E-state index contributed by atoms with van der Waals surface area (Å²) in [7, 11) is 0. The molecule has 2 aliphatic carbocycles. The topological polar surface area (TPSA) is 87.0 Å². The summed E-state index contributed by atoms with van der Waals surface area (Å²) in [5.41, 5.74) is 1.01. The third-order valence-corrected chi connectivity index (χ3v) is 6.35. The minimum absolute atomic E-state index is 0.231. The van der Waals surface area contributed by atoms with Gasteiger partial charge >= 0.3 is 5.97 Å². The number of carbonyl (C=O) groups is 1. The Hall–Kier alpha value is -1.30. The molecule has 0 radical (unpaired) electrons. The number of aliphatic hydroxyl groups excluding tert-OH is 2. The number of aliphatic carboxylic acids is 1. The molecule has 3 unspecified atom stereocenters. The molecule has 1 aromatic carbocycles. The fraction of sp³-hybridized carbons (Fsp3) is 0.611. The van der Waals surface area contributed by atoms with Gasteiger partial charge in [0.2, 0.25) is 0 Å². The van der Waals surface area contributed by atoms with E-state index in [1.165, 1.54) is 0 Å². The summed E-state index contributed by atoms with van der Waals surface area (Å²) >= 11 is 6.45. The van der Waals surface area contributed by atoms with Crippen LogP contribution in [0.2, 0.25) is 5.02 Å². The van der Waals surface area contributed by atoms with Crippen LogP contribution in [-0.2, 0) is 4.79 Å². The fourth-order valence-electron chi connectivity index (χ4n) is 4.35. The Kier molecular flexibility index (Phi) is 4.53. The maximum Gasteiger partial charge on any atom is 0.341 e. The molecule has 2 aliphatic rings. The average Bonchev–Trinajstić information content (AvgIpc) is 3.13. The smallest absolute Gasteiger partial charge is 0.341 e. The van der Waals surface area contributed by atoms with E-state index in [0.717, 1.165) is 25.7 Å². The molecule has 0 aromatic heterocycles. The monoisotopic (exact) mass is 354 g/mol. The number of hydrogen-bond donors (Lipinski definition) is 3. The maximum absolute atomic E-state index is 11.0. The van der Waals surface area contributed by atoms with Crippen LogP contribution in [0.25, 0.3) is 0 Å². The minimum atomic E-state index is -1.08. The van der Waals surface area contributed by atoms with Crippen molar-refractivity contribution < 1.29 is 24.9 Å². The lowest BCUT2D eigenvalue weighted by molar-refractivity contribution is -0.139. The molecule has 3 N–H and O–H groups in total. The van der Waals surface area contributed by atoms with Crippen molar-refractivity contribution >= 4 is 17.6 Å². The van der Waals surface area contributed by atoms with Crippen LogP contribution in [0.4, 0.5) is 0 Å². The highest BCUT2D eigenvalue weighted by atomic mass is 35.5. The Morgan fingerprint density at radius 2 is 1.96 bits per heavy atom. The van der Waals surface area contributed by atoms with E-state index in [-0.39, 0.29) is 5.92 Å². The average molecular weight is 355 g/mol. The van der Waals surface area contributed by atoms with Crippen molar-refractivity contribution in [1.29, 1.82) is 0 Å². The molecule has 3 rings (SSSR count). The molecule has 1 saturated carbocycles. The third-order valence-electron chi connectivity index (χ3n) is 5.87. The first kappa shape index (κ1) is 17.5. The van der Waals surface area contributed by atoms with E-state index in [2.05, 4.69) is 0 Å². The SMILES string of the molecule is Cc1c(OCC(=O)O)cc2c(c1Cl)C(O)C(C)(C1CCCC1)C2O. The van der Waals surface area contributed by atoms with Gasteiger partial charge in [-0.2, -0.15) is 0 Å². The number of carboxylic acid groups (broad SMARTS) is 1. The second kappa shape index (κ2) is 6.21. The van der Waals surface area contributed by atoms with Crippen LogP contribution in [0.15, 0.2) is 6.07 Å². The van der Waals surface area contributed by atoms with Crippen molar-refractivity contribution in [3.8, 4) is 5.75 Å². The third kappa shape index (κ3) is 2.50. The fourth-order valence-corrected chi connectivity index (χ4v) is 4.65. The lowest BCUT2D eigenvalue weighted by atomic mass is 9.70. The molecule has 0 bridgehead atoms. The largest absolute Gasteiger partial charge is 0.482 e. The summed E-state index contributed by atoms with van der Waals surface area (Å²) < 4.78 is 5.30. The van der Waals surface area contributed by atoms with E-state index < -0.39 is 30.2 Å². The Balaban J connectivity index is 2.04. The lowest BCUT2D eigenvalue weighted by Crippen LogP contribution is -2.33. The maximum atomic E-state index is 11.0. The highest BCUT2D eigenvalue weighted by molar-refractivity contribution is 6.32. The second-order valence-electron chi connectivity index (χ2n) is 7.15. The first-order chi connectivity index (χ1) is 11.3. The van der Waals surface area contributed by atoms with Gasteiger partial charge in [-0.3, -0.25) is 0 Å². The van der Waals surface area contributed by atoms with Crippen molar-refractivity contribution in [1.82, 2.24) is 0 Å². The standard InChI is InChI=1S/C18H23ClO5/c1-9-12(24-8-13(20)21)7-11-14(15(9)19)17(23)18(2,16(11)22)10-5-3-4-6-10/h7,10,16-17,22-23H,3-6,8H2,1-2H3,(H,20,21). The van der Waals surface area contributed by atoms with Crippen LogP contribution in [0, 0.1) is 18.3 Å². The van der Waals surface area contributed by atoms with Crippen molar-refractivity contribution in [3.63, 3.8) is 0 Å². The zero-order valence-electron chi connectivity index (χ0n) is 13.9. The van der Waals surface area contributed by atoms with Gasteiger partial charge < -0.3 is 20.1 Å². The molecule has 0 saturated heterocycles. The molecular formula is C18H23ClO5. The zero-order valence-corrected chi connectivity index (χ0v) is 14.6. The molecule has 0 heterocycles. The van der Waals surface area contributed by atoms with Crippen LogP contribution in [0.1, 0.15) is 61.5 Å². The molecule has 0 amide bonds. The van der Waals surface area contributed by atoms with Gasteiger partial charge in [0.25, 0.3) is 0 Å². The number of fused-ring (bicyclic) bond motifs is 1. The summed E-state index contributed by atoms with van der Waals surface area (Å²) in [4.78, 5) is 10.7. The summed E-state index contributed by atoms with van der Waals surface area (Å²) in [6, 6.07) is 1.63. The molecule has 3 atom stereocenters. The van der Waals surface area contributed by atoms with Crippen LogP contribution < -0.4 is 4.74 Å². The minimum Gasteiger partial charge on any atom is -0.482 e. The number of hydrogen-bond acceptors (Lipinski definition) is 4. The van der Waals surface area contributed by atoms with Crippen LogP contribution >= 0.6 is 11.6 Å². The number of halogens is 1. The quantitative estimate of drug-likeness (QED) is 0.771. The molecule has 0 aliphatic heterocycles. The number of ether oxygens (including phenoxy) is 1. The van der Waals surface area contributed by atoms with Gasteiger partial charge in [-0.15, -0.1) is 0 Å². The van der Waals surface area contributed by atoms with Gasteiger partial charge in [-0.05, 0) is 37.3 Å². The van der Waals surface area contributed by atoms with E-state index in [1.807, 2.05) is 6.92 Å². The van der Waals surface area contributed by atoms with E-state index in [0.29, 0.717) is 27.5 Å². The van der Waals surface area contributed by atoms with Crippen molar-refractivity contribution in [2.75, 3.05) is 6.61 Å². The number of benzene rings is 1. The lowest BCUT2D eigenvalue weighted by Gasteiger charge is -2.38. The van der Waals surface area contributed by atoms with E-state index in [9.17, 15) is 15.0 Å². The molecule has 24 heavy (non-hydrogen) atoms. The zero-order chi connectivity index (χ0) is 17.6. The molecule has 1 fully saturated rings. The van der Waals surface area contributed by atoms with E-state index in [4.69, 9.17) is 21.4 Å². The van der Waals surface area contributed by atoms with Gasteiger partial charge in [0.1, 0.15) is 5.75 Å². The predicted molar refractivity (Wildman–Crippen MR) is 89.3 cm³/mol. The number of carboxylic acids is 1. The van der Waals surface area contributed by atoms with Gasteiger partial charge in [0.15, 0.2) is 6.61 Å². The molecular weight excluding hydrogens is 332 g/mol. The van der Waals surface area contributed by atoms with Gasteiger partial charge in [0.05, 0.1) is 17.2 Å². The van der Waals surface area contributed by atoms with Crippen molar-refractivity contribution in [3.05, 3.63) is 27.8 Å². The Bertz CT molecular complexity index is 668. The Morgan fingerprint density at radius 1 is 1.33 bits per heavy atom. The molecule has 132 valence electrons. The molecule has 1 aromatic rings. The summed E-state index contributed by atoms with van der Waals surface area (Å²) in [6.45, 7) is 3.17. The second-order valence-corrected chi connectivity index (χ2v) is 7.53. The highest BCUT2D eigenvalue weighted by Gasteiger charge is 2.55. The highest BCUT2D eigenvalue weighted by Crippen LogP contribution is 2.62. The van der Waals surface area contributed by atoms with E-state index in [1.54, 1.807) is 13.0 Å². The molecule has 0 spiro atoms. The number of rotatable bonds is 4. The van der Waals surface area contributed by atoms with Crippen LogP contribution in [0.5, 0.6) is 5.75 Å². The van der Waals surface area contributed by atoms with Crippen molar-refractivity contribution in [2.24, 2.45) is 11.3 Å². The summed E-state index contributed by atoms with van der Waals surface area (Å²) in [6.07, 6.45) is 2.49. The normalized spacial score (nSPS) is 29.7. The van der Waals surface area contributed by atoms with Crippen LogP contribution in [0.3, 0.4) is 0 Å². The molecule has 5 nitrogen and oxygen atoms in total. The Morgan fingerprint density at radius 3 is 2.54 bits per heavy atom. The van der Waals surface area contributed by atoms with Crippen molar-refractivity contribution in [2.45, 2.75) is 51.7 Å². The summed E-state index contributed by atoms with van der Waals surface area (Å²) in [5, 5.41) is 31.1. The first-order valence-electron chi connectivity index (χ1n) is 8.32. The number of aliphatic hydroxyl groups is 2. The first-order valence-corrected chi connectivity index (χ1v) is 8.69. The van der Waals surface area contributed by atoms with Gasteiger partial charge in [-0.1, -0.05) is 31.4 Å². The van der Waals surface area contributed by atoms with Gasteiger partial charge in [0, 0.05) is 16.5 Å². The Labute approximate surface area is 146 Å². The summed E-state index contributed by atoms with van der Waals surface area (Å²) in [5.74, 6) is -0.514. The van der Waals surface area contributed by atoms with E-state index >= 15 is 0 Å². The van der Waals surface area contributed by atoms with Gasteiger partial charge in [-0.25, -0.2) is 4.79 Å². The predicted octanol–water partition coefficient (Wildman–Crippen LogP) is 3.39.